The molecule has 0 fully saturated rings. The molecule has 3 nitrogen and oxygen atoms in total. The minimum Gasteiger partial charge on any atom is -0.458 e. The van der Waals surface area contributed by atoms with Crippen LogP contribution < -0.4 is 0 Å². The van der Waals surface area contributed by atoms with Gasteiger partial charge < -0.3 is 9.47 Å². The van der Waals surface area contributed by atoms with Crippen LogP contribution in [0.3, 0.4) is 0 Å². The van der Waals surface area contributed by atoms with Crippen LogP contribution in [0.1, 0.15) is 86.0 Å². The lowest BCUT2D eigenvalue weighted by Crippen LogP contribution is -2.31. The van der Waals surface area contributed by atoms with Gasteiger partial charge in [0.2, 0.25) is 0 Å². The van der Waals surface area contributed by atoms with Crippen molar-refractivity contribution in [1.82, 2.24) is 0 Å². The van der Waals surface area contributed by atoms with E-state index in [2.05, 4.69) is 67.7 Å². The van der Waals surface area contributed by atoms with Crippen molar-refractivity contribution in [2.45, 2.75) is 97.7 Å². The quantitative estimate of drug-likeness (QED) is 0.147. The van der Waals surface area contributed by atoms with Crippen molar-refractivity contribution in [3.05, 3.63) is 60.8 Å². The van der Waals surface area contributed by atoms with Crippen molar-refractivity contribution < 1.29 is 14.3 Å². The number of rotatable bonds is 16. The Bertz CT molecular complexity index is 559. The molecule has 0 saturated heterocycles. The molecule has 0 aliphatic carbocycles. The van der Waals surface area contributed by atoms with E-state index in [0.717, 1.165) is 51.4 Å². The Morgan fingerprint density at radius 2 is 1.23 bits per heavy atom. The van der Waals surface area contributed by atoms with Crippen LogP contribution in [0.2, 0.25) is 0 Å². The number of unbranched alkanes of at least 4 members (excludes halogenated alkanes) is 2. The Hall–Kier alpha value is -1.87. The summed E-state index contributed by atoms with van der Waals surface area (Å²) in [6, 6.07) is 0. The SMILES string of the molecule is CCC=CCC=CCC=CCC=CCC=CCCCCOC(C)C(=O)OC(C)(C)C. The molecular formula is C27H44O3. The number of hydrogen-bond acceptors (Lipinski definition) is 3. The van der Waals surface area contributed by atoms with Gasteiger partial charge in [0, 0.05) is 6.61 Å². The summed E-state index contributed by atoms with van der Waals surface area (Å²) in [5, 5.41) is 0. The molecule has 0 aliphatic heterocycles. The van der Waals surface area contributed by atoms with Crippen molar-refractivity contribution in [2.75, 3.05) is 6.61 Å². The van der Waals surface area contributed by atoms with E-state index < -0.39 is 11.7 Å². The number of hydrogen-bond donors (Lipinski definition) is 0. The van der Waals surface area contributed by atoms with Crippen molar-refractivity contribution in [1.29, 1.82) is 0 Å². The average molecular weight is 417 g/mol. The van der Waals surface area contributed by atoms with Crippen molar-refractivity contribution in [3.8, 4) is 0 Å². The molecule has 0 N–H and O–H groups in total. The third-order valence-electron chi connectivity index (χ3n) is 4.03. The van der Waals surface area contributed by atoms with E-state index in [4.69, 9.17) is 9.47 Å². The van der Waals surface area contributed by atoms with E-state index >= 15 is 0 Å². The van der Waals surface area contributed by atoms with Crippen LogP contribution in [-0.2, 0) is 14.3 Å². The second kappa shape index (κ2) is 19.1. The van der Waals surface area contributed by atoms with Gasteiger partial charge in [-0.2, -0.15) is 0 Å². The second-order valence-electron chi connectivity index (χ2n) is 8.25. The van der Waals surface area contributed by atoms with Crippen LogP contribution in [0.4, 0.5) is 0 Å². The Labute approximate surface area is 185 Å². The smallest absolute Gasteiger partial charge is 0.335 e. The number of carbonyl (C=O) groups is 1. The molecule has 0 aliphatic rings. The van der Waals surface area contributed by atoms with E-state index in [9.17, 15) is 4.79 Å². The molecule has 0 amide bonds. The lowest BCUT2D eigenvalue weighted by molar-refractivity contribution is -0.167. The first-order chi connectivity index (χ1) is 14.4. The Kier molecular flexibility index (Phi) is 17.9. The summed E-state index contributed by atoms with van der Waals surface area (Å²) in [5.41, 5.74) is -0.465. The largest absolute Gasteiger partial charge is 0.458 e. The normalized spacial score (nSPS) is 14.2. The third-order valence-corrected chi connectivity index (χ3v) is 4.03. The average Bonchev–Trinajstić information content (AvgIpc) is 2.68. The van der Waals surface area contributed by atoms with Crippen molar-refractivity contribution >= 4 is 5.97 Å². The summed E-state index contributed by atoms with van der Waals surface area (Å²) >= 11 is 0. The summed E-state index contributed by atoms with van der Waals surface area (Å²) in [5.74, 6) is -0.291. The van der Waals surface area contributed by atoms with E-state index in [1.165, 1.54) is 0 Å². The molecule has 0 spiro atoms. The van der Waals surface area contributed by atoms with Gasteiger partial charge in [-0.1, -0.05) is 67.7 Å². The van der Waals surface area contributed by atoms with Gasteiger partial charge >= 0.3 is 5.97 Å². The molecule has 1 atom stereocenters. The highest BCUT2D eigenvalue weighted by molar-refractivity contribution is 5.74. The summed E-state index contributed by atoms with van der Waals surface area (Å²) in [4.78, 5) is 11.8. The fourth-order valence-electron chi connectivity index (χ4n) is 2.45. The van der Waals surface area contributed by atoms with Crippen LogP contribution in [0.15, 0.2) is 60.8 Å². The lowest BCUT2D eigenvalue weighted by atomic mass is 10.2. The number of esters is 1. The number of allylic oxidation sites excluding steroid dienone is 10. The molecule has 0 bridgehead atoms. The van der Waals surface area contributed by atoms with Gasteiger partial charge in [0.05, 0.1) is 0 Å². The molecule has 170 valence electrons. The van der Waals surface area contributed by atoms with Crippen molar-refractivity contribution in [3.63, 3.8) is 0 Å². The lowest BCUT2D eigenvalue weighted by Gasteiger charge is -2.22. The van der Waals surface area contributed by atoms with Gasteiger partial charge in [-0.25, -0.2) is 4.79 Å². The van der Waals surface area contributed by atoms with Crippen LogP contribution in [0.5, 0.6) is 0 Å². The van der Waals surface area contributed by atoms with Gasteiger partial charge in [-0.3, -0.25) is 0 Å². The zero-order valence-corrected chi connectivity index (χ0v) is 19.9. The molecule has 3 heteroatoms. The fraction of sp³-hybridized carbons (Fsp3) is 0.593. The summed E-state index contributed by atoms with van der Waals surface area (Å²) < 4.78 is 10.9. The van der Waals surface area contributed by atoms with Crippen molar-refractivity contribution in [2.24, 2.45) is 0 Å². The van der Waals surface area contributed by atoms with Gasteiger partial charge in [0.25, 0.3) is 0 Å². The molecule has 0 aromatic rings. The first-order valence-corrected chi connectivity index (χ1v) is 11.5. The van der Waals surface area contributed by atoms with Gasteiger partial charge in [-0.05, 0) is 79.1 Å². The first kappa shape index (κ1) is 28.1. The molecule has 30 heavy (non-hydrogen) atoms. The third kappa shape index (κ3) is 20.9. The Balaban J connectivity index is 3.59. The second-order valence-corrected chi connectivity index (χ2v) is 8.25. The highest BCUT2D eigenvalue weighted by Crippen LogP contribution is 2.10. The van der Waals surface area contributed by atoms with Gasteiger partial charge in [0.1, 0.15) is 5.60 Å². The molecule has 0 aromatic heterocycles. The van der Waals surface area contributed by atoms with Gasteiger partial charge in [-0.15, -0.1) is 0 Å². The van der Waals surface area contributed by atoms with Crippen LogP contribution in [-0.4, -0.2) is 24.3 Å². The Morgan fingerprint density at radius 3 is 1.70 bits per heavy atom. The highest BCUT2D eigenvalue weighted by Gasteiger charge is 2.21. The maximum absolute atomic E-state index is 11.8. The number of ether oxygens (including phenoxy) is 2. The van der Waals surface area contributed by atoms with E-state index in [-0.39, 0.29) is 5.97 Å². The molecule has 0 radical (unpaired) electrons. The summed E-state index contributed by atoms with van der Waals surface area (Å²) in [7, 11) is 0. The summed E-state index contributed by atoms with van der Waals surface area (Å²) in [6.07, 6.45) is 29.8. The molecule has 0 aromatic carbocycles. The molecular weight excluding hydrogens is 372 g/mol. The maximum Gasteiger partial charge on any atom is 0.335 e. The zero-order valence-electron chi connectivity index (χ0n) is 19.9. The molecule has 0 heterocycles. The van der Waals surface area contributed by atoms with Crippen LogP contribution in [0, 0.1) is 0 Å². The van der Waals surface area contributed by atoms with E-state index in [1.807, 2.05) is 20.8 Å². The van der Waals surface area contributed by atoms with E-state index in [0.29, 0.717) is 6.61 Å². The molecule has 0 rings (SSSR count). The number of carbonyl (C=O) groups excluding carboxylic acids is 1. The fourth-order valence-corrected chi connectivity index (χ4v) is 2.45. The topological polar surface area (TPSA) is 35.5 Å². The highest BCUT2D eigenvalue weighted by atomic mass is 16.6. The minimum atomic E-state index is -0.502. The summed E-state index contributed by atoms with van der Waals surface area (Å²) in [6.45, 7) is 10.1. The Morgan fingerprint density at radius 1 is 0.767 bits per heavy atom. The molecule has 1 unspecified atom stereocenters. The van der Waals surface area contributed by atoms with Gasteiger partial charge in [0.15, 0.2) is 6.10 Å². The van der Waals surface area contributed by atoms with Crippen LogP contribution in [0.25, 0.3) is 0 Å². The minimum absolute atomic E-state index is 0.291. The standard InChI is InChI=1S/C27H44O3/c1-6-7-8-9-10-11-12-13-14-15-16-17-18-19-20-21-22-23-24-29-25(2)26(28)30-27(3,4)5/h7-8,10-11,13-14,16-17,19-20,25H,6,9,12,15,18,21-24H2,1-5H3. The first-order valence-electron chi connectivity index (χ1n) is 11.5. The predicted molar refractivity (Wildman–Crippen MR) is 130 cm³/mol. The zero-order chi connectivity index (χ0) is 22.5. The predicted octanol–water partition coefficient (Wildman–Crippen LogP) is 7.65. The maximum atomic E-state index is 11.8. The molecule has 0 saturated carbocycles. The van der Waals surface area contributed by atoms with Crippen LogP contribution >= 0.6 is 0 Å². The van der Waals surface area contributed by atoms with E-state index in [1.54, 1.807) is 6.92 Å². The monoisotopic (exact) mass is 416 g/mol.